The highest BCUT2D eigenvalue weighted by molar-refractivity contribution is 5.84. The minimum absolute atomic E-state index is 0.0709. The van der Waals surface area contributed by atoms with Crippen LogP contribution in [0.15, 0.2) is 24.3 Å². The summed E-state index contributed by atoms with van der Waals surface area (Å²) in [5, 5.41) is 0. The second kappa shape index (κ2) is 3.97. The third-order valence-electron chi connectivity index (χ3n) is 4.61. The quantitative estimate of drug-likeness (QED) is 0.544. The van der Waals surface area contributed by atoms with Crippen LogP contribution in [0.4, 0.5) is 0 Å². The van der Waals surface area contributed by atoms with E-state index in [1.807, 2.05) is 0 Å². The van der Waals surface area contributed by atoms with Gasteiger partial charge < -0.3 is 9.47 Å². The van der Waals surface area contributed by atoms with E-state index in [4.69, 9.17) is 9.47 Å². The van der Waals surface area contributed by atoms with Crippen LogP contribution in [0.25, 0.3) is 0 Å². The van der Waals surface area contributed by atoms with Crippen molar-refractivity contribution in [1.82, 2.24) is 0 Å². The van der Waals surface area contributed by atoms with Crippen molar-refractivity contribution in [2.45, 2.75) is 0 Å². The first-order chi connectivity index (χ1) is 8.69. The lowest BCUT2D eigenvalue weighted by Gasteiger charge is -2.53. The lowest BCUT2D eigenvalue weighted by atomic mass is 9.50. The molecule has 4 heteroatoms. The number of hydrogen-bond acceptors (Lipinski definition) is 4. The number of esters is 2. The zero-order valence-electron chi connectivity index (χ0n) is 10.4. The second-order valence-electron chi connectivity index (χ2n) is 5.18. The van der Waals surface area contributed by atoms with Gasteiger partial charge in [0.05, 0.1) is 26.1 Å². The number of rotatable bonds is 2. The maximum absolute atomic E-state index is 12.0. The van der Waals surface area contributed by atoms with E-state index in [0.29, 0.717) is 11.8 Å². The molecule has 6 atom stereocenters. The monoisotopic (exact) mass is 248 g/mol. The zero-order valence-corrected chi connectivity index (χ0v) is 10.4. The van der Waals surface area contributed by atoms with Crippen molar-refractivity contribution in [3.63, 3.8) is 0 Å². The summed E-state index contributed by atoms with van der Waals surface area (Å²) >= 11 is 0. The highest BCUT2D eigenvalue weighted by Gasteiger charge is 2.58. The summed E-state index contributed by atoms with van der Waals surface area (Å²) in [4.78, 5) is 24.0. The molecule has 0 saturated heterocycles. The maximum Gasteiger partial charge on any atom is 0.310 e. The van der Waals surface area contributed by atoms with Crippen molar-refractivity contribution in [3.05, 3.63) is 24.3 Å². The Kier molecular flexibility index (Phi) is 2.54. The number of methoxy groups -OCH3 is 2. The first-order valence-corrected chi connectivity index (χ1v) is 6.21. The van der Waals surface area contributed by atoms with Crippen LogP contribution < -0.4 is 0 Å². The molecule has 4 rings (SSSR count). The van der Waals surface area contributed by atoms with Crippen LogP contribution in [-0.4, -0.2) is 26.2 Å². The van der Waals surface area contributed by atoms with E-state index in [-0.39, 0.29) is 23.8 Å². The van der Waals surface area contributed by atoms with Crippen LogP contribution in [0, 0.1) is 35.5 Å². The molecule has 0 aromatic carbocycles. The van der Waals surface area contributed by atoms with Gasteiger partial charge in [0.1, 0.15) is 0 Å². The molecule has 0 unspecified atom stereocenters. The molecule has 0 heterocycles. The number of carbonyl (C=O) groups is 2. The van der Waals surface area contributed by atoms with E-state index in [0.717, 1.165) is 0 Å². The Morgan fingerprint density at radius 1 is 0.722 bits per heavy atom. The second-order valence-corrected chi connectivity index (χ2v) is 5.18. The fourth-order valence-electron chi connectivity index (χ4n) is 3.73. The van der Waals surface area contributed by atoms with E-state index in [1.54, 1.807) is 0 Å². The first kappa shape index (κ1) is 11.5. The Labute approximate surface area is 106 Å². The Morgan fingerprint density at radius 2 is 1.06 bits per heavy atom. The van der Waals surface area contributed by atoms with E-state index in [1.165, 1.54) is 14.2 Å². The van der Waals surface area contributed by atoms with E-state index >= 15 is 0 Å². The Morgan fingerprint density at radius 3 is 1.33 bits per heavy atom. The van der Waals surface area contributed by atoms with Crippen molar-refractivity contribution < 1.29 is 19.1 Å². The molecule has 1 fully saturated rings. The molecule has 0 radical (unpaired) electrons. The number of hydrogen-bond donors (Lipinski definition) is 0. The highest BCUT2D eigenvalue weighted by atomic mass is 16.5. The van der Waals surface area contributed by atoms with Gasteiger partial charge >= 0.3 is 11.9 Å². The van der Waals surface area contributed by atoms with E-state index in [9.17, 15) is 9.59 Å². The summed E-state index contributed by atoms with van der Waals surface area (Å²) in [6, 6.07) is 0. The normalized spacial score (nSPS) is 43.0. The van der Waals surface area contributed by atoms with Gasteiger partial charge in [-0.1, -0.05) is 24.3 Å². The van der Waals surface area contributed by atoms with Gasteiger partial charge in [-0.2, -0.15) is 0 Å². The molecule has 96 valence electrons. The van der Waals surface area contributed by atoms with Crippen molar-refractivity contribution in [1.29, 1.82) is 0 Å². The number of ether oxygens (including phenoxy) is 2. The smallest absolute Gasteiger partial charge is 0.310 e. The fourth-order valence-corrected chi connectivity index (χ4v) is 3.73. The van der Waals surface area contributed by atoms with Gasteiger partial charge in [0, 0.05) is 0 Å². The Bertz CT molecular complexity index is 411. The molecule has 0 N–H and O–H groups in total. The molecule has 4 aliphatic carbocycles. The third-order valence-corrected chi connectivity index (χ3v) is 4.61. The first-order valence-electron chi connectivity index (χ1n) is 6.21. The highest BCUT2D eigenvalue weighted by Crippen LogP contribution is 2.56. The fraction of sp³-hybridized carbons (Fsp3) is 0.571. The molecular weight excluding hydrogens is 232 g/mol. The standard InChI is InChI=1S/C14H16O4/c1-17-13(15)11-9-5-6-10(8-4-3-7(8)9)12(11)14(16)18-2/h3-12H,1-2H3/t7-,8-,9+,10+,11-,12-/m1/s1. The Balaban J connectivity index is 2.00. The van der Waals surface area contributed by atoms with E-state index < -0.39 is 11.8 Å². The predicted molar refractivity (Wildman–Crippen MR) is 63.3 cm³/mol. The van der Waals surface area contributed by atoms with Crippen LogP contribution >= 0.6 is 0 Å². The SMILES string of the molecule is COC(=O)[C@@H]1[C@H]2C=C[C@@H]([C@@H]3C=C[C@H]32)[C@H]1C(=O)OC. The predicted octanol–water partition coefficient (Wildman–Crippen LogP) is 1.18. The third kappa shape index (κ3) is 1.32. The van der Waals surface area contributed by atoms with E-state index in [2.05, 4.69) is 24.3 Å². The average molecular weight is 248 g/mol. The molecule has 0 amide bonds. The molecular formula is C14H16O4. The molecule has 4 aliphatic rings. The van der Waals surface area contributed by atoms with Gasteiger partial charge in [0.15, 0.2) is 0 Å². The van der Waals surface area contributed by atoms with Crippen LogP contribution in [-0.2, 0) is 19.1 Å². The molecule has 0 aliphatic heterocycles. The zero-order chi connectivity index (χ0) is 12.9. The summed E-state index contributed by atoms with van der Waals surface area (Å²) in [6.45, 7) is 0. The molecule has 4 nitrogen and oxygen atoms in total. The summed E-state index contributed by atoms with van der Waals surface area (Å²) in [6.07, 6.45) is 8.40. The van der Waals surface area contributed by atoms with Gasteiger partial charge in [0.25, 0.3) is 0 Å². The molecule has 0 spiro atoms. The number of carbonyl (C=O) groups excluding carboxylic acids is 2. The number of fused-ring (bicyclic) bond motifs is 1. The van der Waals surface area contributed by atoms with Gasteiger partial charge in [-0.05, 0) is 23.7 Å². The Hall–Kier alpha value is -1.58. The largest absolute Gasteiger partial charge is 0.469 e. The van der Waals surface area contributed by atoms with Crippen molar-refractivity contribution in [2.75, 3.05) is 14.2 Å². The lowest BCUT2D eigenvalue weighted by molar-refractivity contribution is -0.167. The van der Waals surface area contributed by atoms with Crippen molar-refractivity contribution >= 4 is 11.9 Å². The van der Waals surface area contributed by atoms with Gasteiger partial charge in [-0.25, -0.2) is 0 Å². The minimum Gasteiger partial charge on any atom is -0.469 e. The van der Waals surface area contributed by atoms with Gasteiger partial charge in [-0.3, -0.25) is 9.59 Å². The average Bonchev–Trinajstić information content (AvgIpc) is 2.35. The van der Waals surface area contributed by atoms with Gasteiger partial charge in [0.2, 0.25) is 0 Å². The summed E-state index contributed by atoms with van der Waals surface area (Å²) < 4.78 is 9.74. The lowest BCUT2D eigenvalue weighted by Crippen LogP contribution is -2.55. The molecule has 0 aromatic heterocycles. The molecule has 18 heavy (non-hydrogen) atoms. The van der Waals surface area contributed by atoms with Crippen LogP contribution in [0.3, 0.4) is 0 Å². The molecule has 1 saturated carbocycles. The molecule has 2 bridgehead atoms. The minimum atomic E-state index is -0.399. The van der Waals surface area contributed by atoms with Crippen molar-refractivity contribution in [3.8, 4) is 0 Å². The van der Waals surface area contributed by atoms with Gasteiger partial charge in [-0.15, -0.1) is 0 Å². The summed E-state index contributed by atoms with van der Waals surface area (Å²) in [7, 11) is 2.74. The summed E-state index contributed by atoms with van der Waals surface area (Å²) in [5.41, 5.74) is 0. The van der Waals surface area contributed by atoms with Crippen LogP contribution in [0.5, 0.6) is 0 Å². The topological polar surface area (TPSA) is 52.6 Å². The maximum atomic E-state index is 12.0. The summed E-state index contributed by atoms with van der Waals surface area (Å²) in [5.74, 6) is -0.502. The van der Waals surface area contributed by atoms with Crippen LogP contribution in [0.2, 0.25) is 0 Å². The van der Waals surface area contributed by atoms with Crippen LogP contribution in [0.1, 0.15) is 0 Å². The van der Waals surface area contributed by atoms with Crippen molar-refractivity contribution in [2.24, 2.45) is 35.5 Å². The number of allylic oxidation sites excluding steroid dienone is 4. The molecule has 0 aromatic rings.